The van der Waals surface area contributed by atoms with Crippen LogP contribution >= 0.6 is 0 Å². The Morgan fingerprint density at radius 2 is 1.89 bits per heavy atom. The molecule has 0 spiro atoms. The van der Waals surface area contributed by atoms with Crippen LogP contribution in [0.15, 0.2) is 12.5 Å². The molecule has 19 heavy (non-hydrogen) atoms. The number of aliphatic hydroxyl groups excluding tert-OH is 2. The molecule has 2 rings (SSSR count). The molecule has 0 aliphatic carbocycles. The summed E-state index contributed by atoms with van der Waals surface area (Å²) in [6.07, 6.45) is 3.89. The number of nitrogens with two attached hydrogens (primary N) is 1. The summed E-state index contributed by atoms with van der Waals surface area (Å²) >= 11 is 0. The van der Waals surface area contributed by atoms with Crippen LogP contribution in [0.1, 0.15) is 6.42 Å². The molecule has 2 aromatic heterocycles. The van der Waals surface area contributed by atoms with Crippen molar-refractivity contribution in [2.24, 2.45) is 5.92 Å². The van der Waals surface area contributed by atoms with E-state index in [0.717, 1.165) is 0 Å². The van der Waals surface area contributed by atoms with E-state index in [1.807, 2.05) is 4.57 Å². The van der Waals surface area contributed by atoms with Gasteiger partial charge < -0.3 is 20.5 Å². The van der Waals surface area contributed by atoms with Gasteiger partial charge in [-0.1, -0.05) is 0 Å². The van der Waals surface area contributed by atoms with Crippen LogP contribution in [-0.2, 0) is 6.54 Å². The topological polar surface area (TPSA) is 110 Å². The number of fused-ring (bicyclic) bond motifs is 1. The molecule has 2 aromatic rings. The van der Waals surface area contributed by atoms with Crippen LogP contribution in [0, 0.1) is 94.0 Å². The zero-order valence-electron chi connectivity index (χ0n) is 10.5. The maximum absolute atomic E-state index is 8.98. The molecule has 2 heterocycles. The minimum Gasteiger partial charge on any atom is -0.396 e. The number of hydrogen-bond acceptors (Lipinski definition) is 6. The van der Waals surface area contributed by atoms with Gasteiger partial charge in [0, 0.05) is 114 Å². The standard InChI is InChI=1S/C10H15N5O2.2Ac/c11-10-12-3-8-9(14-10)15(6-13-8)2-1-7(4-16)5-17;;/h3,6-7,16-17H,1-2,4-5H2,(H2,11,12,14);;. The molecule has 0 aromatic carbocycles. The average molecular weight is 691 g/mol. The van der Waals surface area contributed by atoms with Crippen LogP contribution in [0.2, 0.25) is 0 Å². The van der Waals surface area contributed by atoms with Crippen LogP contribution in [0.25, 0.3) is 11.2 Å². The molecule has 0 fully saturated rings. The van der Waals surface area contributed by atoms with Crippen LogP contribution in [0.3, 0.4) is 0 Å². The van der Waals surface area contributed by atoms with Crippen LogP contribution in [0.5, 0.6) is 0 Å². The van der Waals surface area contributed by atoms with Gasteiger partial charge in [-0.25, -0.2) is 9.97 Å². The molecule has 0 amide bonds. The van der Waals surface area contributed by atoms with E-state index in [0.29, 0.717) is 24.1 Å². The summed E-state index contributed by atoms with van der Waals surface area (Å²) in [5, 5.41) is 18.0. The molecular weight excluding hydrogens is 676 g/mol. The van der Waals surface area contributed by atoms with Crippen molar-refractivity contribution in [3.05, 3.63) is 12.5 Å². The number of rotatable bonds is 5. The number of anilines is 1. The van der Waals surface area contributed by atoms with Gasteiger partial charge in [0.15, 0.2) is 5.65 Å². The van der Waals surface area contributed by atoms with Crippen molar-refractivity contribution in [1.82, 2.24) is 19.5 Å². The minimum atomic E-state index is -0.119. The van der Waals surface area contributed by atoms with E-state index in [4.69, 9.17) is 15.9 Å². The zero-order chi connectivity index (χ0) is 12.3. The molecule has 0 unspecified atom stereocenters. The normalized spacial score (nSPS) is 10.3. The number of aryl methyl sites for hydroxylation is 1. The Kier molecular flexibility index (Phi) is 10.6. The van der Waals surface area contributed by atoms with Gasteiger partial charge in [-0.15, -0.1) is 0 Å². The largest absolute Gasteiger partial charge is 0.396 e. The van der Waals surface area contributed by atoms with Crippen molar-refractivity contribution in [3.8, 4) is 0 Å². The molecule has 0 bridgehead atoms. The summed E-state index contributed by atoms with van der Waals surface area (Å²) in [5.41, 5.74) is 6.87. The monoisotopic (exact) mass is 691 g/mol. The quantitative estimate of drug-likeness (QED) is 0.387. The third kappa shape index (κ3) is 5.45. The number of aliphatic hydroxyl groups is 2. The van der Waals surface area contributed by atoms with E-state index >= 15 is 0 Å². The van der Waals surface area contributed by atoms with E-state index in [-0.39, 0.29) is 113 Å². The fourth-order valence-corrected chi connectivity index (χ4v) is 1.59. The Labute approximate surface area is 182 Å². The van der Waals surface area contributed by atoms with E-state index in [1.54, 1.807) is 12.5 Å². The van der Waals surface area contributed by atoms with Gasteiger partial charge in [0.25, 0.3) is 0 Å². The predicted molar refractivity (Wildman–Crippen MR) is 62.0 cm³/mol. The minimum absolute atomic E-state index is 0. The number of nitrogen functional groups attached to an aromatic ring is 1. The smallest absolute Gasteiger partial charge is 0.222 e. The second-order valence-electron chi connectivity index (χ2n) is 3.89. The second-order valence-corrected chi connectivity index (χ2v) is 3.89. The molecule has 9 heteroatoms. The Bertz CT molecular complexity index is 504. The Morgan fingerprint density at radius 1 is 1.21 bits per heavy atom. The summed E-state index contributed by atoms with van der Waals surface area (Å²) in [5.74, 6) is 0.0896. The Balaban J connectivity index is 0.00000162. The average Bonchev–Trinajstić information content (AvgIpc) is 2.73. The van der Waals surface area contributed by atoms with Gasteiger partial charge in [0.1, 0.15) is 5.52 Å². The van der Waals surface area contributed by atoms with E-state index in [2.05, 4.69) is 15.0 Å². The van der Waals surface area contributed by atoms with E-state index in [1.165, 1.54) is 0 Å². The Morgan fingerprint density at radius 3 is 2.53 bits per heavy atom. The summed E-state index contributed by atoms with van der Waals surface area (Å²) < 4.78 is 1.84. The van der Waals surface area contributed by atoms with E-state index < -0.39 is 0 Å². The van der Waals surface area contributed by atoms with Crippen molar-refractivity contribution in [3.63, 3.8) is 0 Å². The Hall–Kier alpha value is 1.15. The first-order valence-corrected chi connectivity index (χ1v) is 5.39. The summed E-state index contributed by atoms with van der Waals surface area (Å²) in [4.78, 5) is 12.1. The maximum Gasteiger partial charge on any atom is 0.222 e. The molecule has 0 aliphatic rings. The van der Waals surface area contributed by atoms with Gasteiger partial charge in [0.2, 0.25) is 5.95 Å². The van der Waals surface area contributed by atoms with Gasteiger partial charge in [-0.2, -0.15) is 4.98 Å². The fraction of sp³-hybridized carbons (Fsp3) is 0.500. The summed E-state index contributed by atoms with van der Waals surface area (Å²) in [7, 11) is 0. The van der Waals surface area contributed by atoms with Gasteiger partial charge in [0.05, 0.1) is 12.5 Å². The molecule has 0 saturated carbocycles. The van der Waals surface area contributed by atoms with Crippen molar-refractivity contribution in [1.29, 1.82) is 0 Å². The molecule has 0 atom stereocenters. The summed E-state index contributed by atoms with van der Waals surface area (Å²) in [6.45, 7) is 0.569. The number of hydrogen-bond donors (Lipinski definition) is 3. The molecule has 4 N–H and O–H groups in total. The van der Waals surface area contributed by atoms with Crippen molar-refractivity contribution in [2.45, 2.75) is 13.0 Å². The molecule has 0 saturated heterocycles. The van der Waals surface area contributed by atoms with Crippen molar-refractivity contribution < 1.29 is 98.3 Å². The van der Waals surface area contributed by atoms with Crippen LogP contribution < -0.4 is 5.73 Å². The van der Waals surface area contributed by atoms with Crippen molar-refractivity contribution >= 4 is 17.1 Å². The molecular formula is C10H15Ac2N5O2. The molecule has 2 radical (unpaired) electrons. The number of nitrogens with zero attached hydrogens (tertiary/aromatic N) is 4. The van der Waals surface area contributed by atoms with E-state index in [9.17, 15) is 0 Å². The summed E-state index contributed by atoms with van der Waals surface area (Å²) in [6, 6.07) is 0. The third-order valence-electron chi connectivity index (χ3n) is 2.67. The molecule has 7 nitrogen and oxygen atoms in total. The number of imidazole rings is 1. The molecule has 0 aliphatic heterocycles. The first kappa shape index (κ1) is 20.2. The molecule has 98 valence electrons. The number of aromatic nitrogens is 4. The fourth-order valence-electron chi connectivity index (χ4n) is 1.59. The van der Waals surface area contributed by atoms with Crippen LogP contribution in [0.4, 0.5) is 5.95 Å². The first-order chi connectivity index (χ1) is 8.24. The van der Waals surface area contributed by atoms with Gasteiger partial charge in [-0.3, -0.25) is 0 Å². The first-order valence-electron chi connectivity index (χ1n) is 5.39. The predicted octanol–water partition coefficient (Wildman–Crippen LogP) is -0.601. The van der Waals surface area contributed by atoms with Crippen molar-refractivity contribution in [2.75, 3.05) is 18.9 Å². The third-order valence-corrected chi connectivity index (χ3v) is 2.67. The maximum atomic E-state index is 8.98. The van der Waals surface area contributed by atoms with Gasteiger partial charge >= 0.3 is 0 Å². The zero-order valence-corrected chi connectivity index (χ0v) is 20.0. The SMILES string of the molecule is Nc1ncc2ncn(CCC(CO)CO)c2n1.[Ac].[Ac]. The van der Waals surface area contributed by atoms with Crippen LogP contribution in [-0.4, -0.2) is 42.9 Å². The van der Waals surface area contributed by atoms with Gasteiger partial charge in [-0.05, 0) is 6.42 Å². The second kappa shape index (κ2) is 9.98.